The first kappa shape index (κ1) is 17.0. The Balaban J connectivity index is 1.66. The Labute approximate surface area is 142 Å². The molecule has 0 N–H and O–H groups in total. The molecule has 1 aromatic rings. The van der Waals surface area contributed by atoms with E-state index in [1.54, 1.807) is 0 Å². The van der Waals surface area contributed by atoms with E-state index in [2.05, 4.69) is 13.8 Å². The average Bonchev–Trinajstić information content (AvgIpc) is 2.93. The van der Waals surface area contributed by atoms with Gasteiger partial charge in [-0.25, -0.2) is 9.69 Å². The standard InChI is InChI=1S/C19H25NO4/c1-13-8-9-23-17(14(13)2)11-18(21)20-16(12-24-19(20)22)10-15-6-4-3-5-7-15/h3-7,13-14,16-17H,8-12H2,1-2H3/t13-,14+,16+,17+/m0/s1. The fourth-order valence-electron chi connectivity index (χ4n) is 3.50. The minimum absolute atomic E-state index is 0.118. The molecule has 5 heteroatoms. The molecule has 5 nitrogen and oxygen atoms in total. The van der Waals surface area contributed by atoms with Gasteiger partial charge in [-0.2, -0.15) is 0 Å². The van der Waals surface area contributed by atoms with Crippen LogP contribution in [0.25, 0.3) is 0 Å². The number of carbonyl (C=O) groups excluding carboxylic acids is 2. The van der Waals surface area contributed by atoms with Gasteiger partial charge in [0.25, 0.3) is 0 Å². The molecule has 2 aliphatic heterocycles. The van der Waals surface area contributed by atoms with E-state index in [1.807, 2.05) is 30.3 Å². The lowest BCUT2D eigenvalue weighted by molar-refractivity contribution is -0.135. The van der Waals surface area contributed by atoms with Gasteiger partial charge in [0.05, 0.1) is 18.6 Å². The Morgan fingerprint density at radius 3 is 2.75 bits per heavy atom. The van der Waals surface area contributed by atoms with Gasteiger partial charge in [-0.05, 0) is 30.2 Å². The molecule has 0 aromatic heterocycles. The molecule has 0 spiro atoms. The maximum absolute atomic E-state index is 12.7. The van der Waals surface area contributed by atoms with Gasteiger partial charge in [0, 0.05) is 6.61 Å². The van der Waals surface area contributed by atoms with E-state index in [9.17, 15) is 9.59 Å². The van der Waals surface area contributed by atoms with Crippen LogP contribution in [0.1, 0.15) is 32.3 Å². The summed E-state index contributed by atoms with van der Waals surface area (Å²) in [5.74, 6) is 0.653. The van der Waals surface area contributed by atoms with Gasteiger partial charge in [-0.1, -0.05) is 44.2 Å². The second-order valence-electron chi connectivity index (χ2n) is 6.92. The molecule has 4 atom stereocenters. The summed E-state index contributed by atoms with van der Waals surface area (Å²) in [7, 11) is 0. The molecular weight excluding hydrogens is 306 g/mol. The van der Waals surface area contributed by atoms with Crippen LogP contribution in [0.2, 0.25) is 0 Å². The molecule has 2 aliphatic rings. The van der Waals surface area contributed by atoms with Crippen LogP contribution in [-0.4, -0.2) is 42.3 Å². The maximum Gasteiger partial charge on any atom is 0.416 e. The monoisotopic (exact) mass is 331 g/mol. The van der Waals surface area contributed by atoms with E-state index < -0.39 is 6.09 Å². The maximum atomic E-state index is 12.7. The molecule has 0 saturated carbocycles. The molecule has 2 fully saturated rings. The van der Waals surface area contributed by atoms with Crippen LogP contribution in [-0.2, 0) is 20.7 Å². The van der Waals surface area contributed by atoms with Gasteiger partial charge < -0.3 is 9.47 Å². The molecule has 24 heavy (non-hydrogen) atoms. The van der Waals surface area contributed by atoms with Crippen molar-refractivity contribution < 1.29 is 19.1 Å². The van der Waals surface area contributed by atoms with Gasteiger partial charge in [0.2, 0.25) is 5.91 Å². The van der Waals surface area contributed by atoms with Gasteiger partial charge >= 0.3 is 6.09 Å². The van der Waals surface area contributed by atoms with Crippen molar-refractivity contribution in [3.8, 4) is 0 Å². The predicted molar refractivity (Wildman–Crippen MR) is 89.4 cm³/mol. The van der Waals surface area contributed by atoms with Crippen LogP contribution in [0.15, 0.2) is 30.3 Å². The first-order valence-corrected chi connectivity index (χ1v) is 8.70. The van der Waals surface area contributed by atoms with Crippen LogP contribution >= 0.6 is 0 Å². The summed E-state index contributed by atoms with van der Waals surface area (Å²) in [5, 5.41) is 0. The van der Waals surface area contributed by atoms with E-state index in [0.29, 0.717) is 24.9 Å². The molecule has 0 radical (unpaired) electrons. The molecule has 2 saturated heterocycles. The average molecular weight is 331 g/mol. The molecule has 2 heterocycles. The molecule has 3 rings (SSSR count). The summed E-state index contributed by atoms with van der Waals surface area (Å²) < 4.78 is 10.9. The zero-order chi connectivity index (χ0) is 17.1. The third-order valence-electron chi connectivity index (χ3n) is 5.31. The van der Waals surface area contributed by atoms with Crippen molar-refractivity contribution >= 4 is 12.0 Å². The minimum atomic E-state index is -0.530. The number of amides is 2. The third kappa shape index (κ3) is 3.61. The molecule has 0 unspecified atom stereocenters. The highest BCUT2D eigenvalue weighted by molar-refractivity contribution is 5.93. The highest BCUT2D eigenvalue weighted by Crippen LogP contribution is 2.29. The summed E-state index contributed by atoms with van der Waals surface area (Å²) in [5.41, 5.74) is 1.09. The Morgan fingerprint density at radius 1 is 1.25 bits per heavy atom. The number of hydrogen-bond donors (Lipinski definition) is 0. The second kappa shape index (κ2) is 7.34. The molecule has 1 aromatic carbocycles. The van der Waals surface area contributed by atoms with Crippen LogP contribution in [0.5, 0.6) is 0 Å². The molecule has 0 aliphatic carbocycles. The fourth-order valence-corrected chi connectivity index (χ4v) is 3.50. The molecular formula is C19H25NO4. The number of cyclic esters (lactones) is 1. The number of benzene rings is 1. The van der Waals surface area contributed by atoms with Crippen molar-refractivity contribution in [2.45, 2.75) is 45.3 Å². The highest BCUT2D eigenvalue weighted by Gasteiger charge is 2.40. The molecule has 0 bridgehead atoms. The largest absolute Gasteiger partial charge is 0.447 e. The zero-order valence-corrected chi connectivity index (χ0v) is 14.3. The Hall–Kier alpha value is -1.88. The number of ether oxygens (including phenoxy) is 2. The Morgan fingerprint density at radius 2 is 2.00 bits per heavy atom. The van der Waals surface area contributed by atoms with Crippen molar-refractivity contribution in [3.05, 3.63) is 35.9 Å². The quantitative estimate of drug-likeness (QED) is 0.851. The van der Waals surface area contributed by atoms with Crippen LogP contribution in [0.3, 0.4) is 0 Å². The summed E-state index contributed by atoms with van der Waals surface area (Å²) in [6, 6.07) is 9.63. The van der Waals surface area contributed by atoms with E-state index in [-0.39, 0.29) is 31.1 Å². The number of hydrogen-bond acceptors (Lipinski definition) is 4. The second-order valence-corrected chi connectivity index (χ2v) is 6.92. The number of carbonyl (C=O) groups is 2. The highest BCUT2D eigenvalue weighted by atomic mass is 16.6. The lowest BCUT2D eigenvalue weighted by Gasteiger charge is -2.34. The Bertz CT molecular complexity index is 588. The van der Waals surface area contributed by atoms with Gasteiger partial charge in [-0.15, -0.1) is 0 Å². The summed E-state index contributed by atoms with van der Waals surface area (Å²) in [4.78, 5) is 26.1. The number of rotatable bonds is 4. The predicted octanol–water partition coefficient (Wildman–Crippen LogP) is 3.03. The van der Waals surface area contributed by atoms with E-state index in [1.165, 1.54) is 4.90 Å². The summed E-state index contributed by atoms with van der Waals surface area (Å²) >= 11 is 0. The minimum Gasteiger partial charge on any atom is -0.447 e. The summed E-state index contributed by atoms with van der Waals surface area (Å²) in [6.45, 7) is 5.25. The van der Waals surface area contributed by atoms with Crippen molar-refractivity contribution in [2.24, 2.45) is 11.8 Å². The lowest BCUT2D eigenvalue weighted by Crippen LogP contribution is -2.44. The van der Waals surface area contributed by atoms with Gasteiger partial charge in [-0.3, -0.25) is 4.79 Å². The Kier molecular flexibility index (Phi) is 5.19. The third-order valence-corrected chi connectivity index (χ3v) is 5.31. The smallest absolute Gasteiger partial charge is 0.416 e. The number of nitrogens with zero attached hydrogens (tertiary/aromatic N) is 1. The lowest BCUT2D eigenvalue weighted by atomic mass is 9.84. The molecule has 130 valence electrons. The van der Waals surface area contributed by atoms with Crippen molar-refractivity contribution in [2.75, 3.05) is 13.2 Å². The normalized spacial score (nSPS) is 30.2. The van der Waals surface area contributed by atoms with E-state index >= 15 is 0 Å². The van der Waals surface area contributed by atoms with Gasteiger partial charge in [0.15, 0.2) is 0 Å². The summed E-state index contributed by atoms with van der Waals surface area (Å²) in [6.07, 6.45) is 1.24. The first-order valence-electron chi connectivity index (χ1n) is 8.70. The number of imide groups is 1. The van der Waals surface area contributed by atoms with E-state index in [0.717, 1.165) is 12.0 Å². The van der Waals surface area contributed by atoms with Crippen LogP contribution in [0, 0.1) is 11.8 Å². The molecule has 2 amide bonds. The van der Waals surface area contributed by atoms with Crippen molar-refractivity contribution in [1.29, 1.82) is 0 Å². The van der Waals surface area contributed by atoms with Crippen molar-refractivity contribution in [1.82, 2.24) is 4.90 Å². The topological polar surface area (TPSA) is 55.8 Å². The fraction of sp³-hybridized carbons (Fsp3) is 0.579. The van der Waals surface area contributed by atoms with Crippen LogP contribution < -0.4 is 0 Å². The van der Waals surface area contributed by atoms with Gasteiger partial charge in [0.1, 0.15) is 6.61 Å². The van der Waals surface area contributed by atoms with Crippen LogP contribution in [0.4, 0.5) is 4.79 Å². The first-order chi connectivity index (χ1) is 11.6. The van der Waals surface area contributed by atoms with E-state index in [4.69, 9.17) is 9.47 Å². The zero-order valence-electron chi connectivity index (χ0n) is 14.3. The SMILES string of the molecule is C[C@@H]1[C@@H](C)CCO[C@@H]1CC(=O)N1C(=O)OC[C@H]1Cc1ccccc1. The van der Waals surface area contributed by atoms with Crippen molar-refractivity contribution in [3.63, 3.8) is 0 Å².